The molecule has 11 nitrogen and oxygen atoms in total. The molecule has 3 heterocycles. The maximum Gasteiger partial charge on any atom is 0.346 e. The molecule has 0 fully saturated rings. The number of hydrogen-bond donors (Lipinski definition) is 0. The lowest BCUT2D eigenvalue weighted by Gasteiger charge is -2.25. The lowest BCUT2D eigenvalue weighted by Crippen LogP contribution is -2.34. The summed E-state index contributed by atoms with van der Waals surface area (Å²) in [5.74, 6) is 1.59. The van der Waals surface area contributed by atoms with E-state index in [1.807, 2.05) is 36.4 Å². The number of nitriles is 1. The van der Waals surface area contributed by atoms with E-state index in [1.165, 1.54) is 9.58 Å². The number of carbonyl (C=O) groups is 1. The Morgan fingerprint density at radius 2 is 1.69 bits per heavy atom. The van der Waals surface area contributed by atoms with E-state index in [0.717, 1.165) is 33.8 Å². The number of hydrogen-bond acceptors (Lipinski definition) is 9. The Bertz CT molecular complexity index is 1520. The third-order valence-corrected chi connectivity index (χ3v) is 6.68. The smallest absolute Gasteiger partial charge is 0.346 e. The fourth-order valence-corrected chi connectivity index (χ4v) is 4.62. The average Bonchev–Trinajstić information content (AvgIpc) is 3.41. The summed E-state index contributed by atoms with van der Waals surface area (Å²) in [6.45, 7) is 1.92. The monoisotopic (exact) mass is 527 g/mol. The van der Waals surface area contributed by atoms with Gasteiger partial charge in [-0.1, -0.05) is 17.3 Å². The van der Waals surface area contributed by atoms with Crippen LogP contribution in [-0.4, -0.2) is 59.7 Å². The second kappa shape index (κ2) is 10.7. The van der Waals surface area contributed by atoms with Gasteiger partial charge in [-0.15, -0.1) is 5.10 Å². The minimum atomic E-state index is -0.418. The number of benzene rings is 3. The van der Waals surface area contributed by atoms with Crippen LogP contribution in [0.1, 0.15) is 33.9 Å². The minimum absolute atomic E-state index is 0.232. The fraction of sp³-hybridized carbons (Fsp3) is 0.286. The van der Waals surface area contributed by atoms with Crippen LogP contribution in [0, 0.1) is 11.3 Å². The third-order valence-electron chi connectivity index (χ3n) is 6.68. The van der Waals surface area contributed by atoms with Crippen molar-refractivity contribution in [2.45, 2.75) is 19.3 Å². The molecule has 0 saturated carbocycles. The molecule has 0 bridgehead atoms. The van der Waals surface area contributed by atoms with Gasteiger partial charge < -0.3 is 28.6 Å². The normalized spacial score (nSPS) is 14.2. The molecule has 2 aliphatic heterocycles. The van der Waals surface area contributed by atoms with Crippen LogP contribution >= 0.6 is 0 Å². The Kier molecular flexibility index (Phi) is 6.81. The average molecular weight is 528 g/mol. The Morgan fingerprint density at radius 1 is 1.03 bits per heavy atom. The third kappa shape index (κ3) is 5.00. The molecule has 6 rings (SSSR count). The molecule has 0 spiro atoms. The molecule has 3 aromatic carbocycles. The summed E-state index contributed by atoms with van der Waals surface area (Å²) in [4.78, 5) is 14.7. The number of fused-ring (bicyclic) bond motifs is 3. The molecule has 1 amide bonds. The number of nitrogens with zero attached hydrogens (tertiary/aromatic N) is 5. The summed E-state index contributed by atoms with van der Waals surface area (Å²) < 4.78 is 29.7. The van der Waals surface area contributed by atoms with Gasteiger partial charge in [-0.3, -0.25) is 0 Å². The lowest BCUT2D eigenvalue weighted by molar-refractivity contribution is -0.0167. The summed E-state index contributed by atoms with van der Waals surface area (Å²) in [5, 5.41) is 17.2. The van der Waals surface area contributed by atoms with Crippen LogP contribution in [0.3, 0.4) is 0 Å². The zero-order valence-electron chi connectivity index (χ0n) is 21.2. The van der Waals surface area contributed by atoms with Crippen molar-refractivity contribution in [2.75, 3.05) is 33.8 Å². The number of amides is 1. The molecule has 39 heavy (non-hydrogen) atoms. The minimum Gasteiger partial charge on any atom is -0.467 e. The first-order chi connectivity index (χ1) is 19.1. The second-order valence-electron chi connectivity index (χ2n) is 9.23. The Balaban J connectivity index is 1.22. The van der Waals surface area contributed by atoms with E-state index in [-0.39, 0.29) is 26.2 Å². The van der Waals surface area contributed by atoms with Crippen LogP contribution in [0.5, 0.6) is 11.5 Å². The van der Waals surface area contributed by atoms with Crippen LogP contribution in [-0.2, 0) is 27.4 Å². The molecule has 198 valence electrons. The number of rotatable bonds is 6. The van der Waals surface area contributed by atoms with Crippen molar-refractivity contribution in [1.29, 1.82) is 5.26 Å². The van der Waals surface area contributed by atoms with Crippen molar-refractivity contribution in [2.24, 2.45) is 0 Å². The topological polar surface area (TPSA) is 121 Å². The molecule has 0 saturated heterocycles. The quantitative estimate of drug-likeness (QED) is 0.369. The van der Waals surface area contributed by atoms with Gasteiger partial charge in [0, 0.05) is 24.7 Å². The maximum absolute atomic E-state index is 13.1. The zero-order chi connectivity index (χ0) is 26.8. The first kappa shape index (κ1) is 24.8. The van der Waals surface area contributed by atoms with Crippen molar-refractivity contribution >= 4 is 17.1 Å². The summed E-state index contributed by atoms with van der Waals surface area (Å²) in [5.41, 5.74) is 5.18. The van der Waals surface area contributed by atoms with Gasteiger partial charge in [0.25, 0.3) is 0 Å². The molecule has 0 unspecified atom stereocenters. The van der Waals surface area contributed by atoms with Crippen molar-refractivity contribution in [3.8, 4) is 17.6 Å². The van der Waals surface area contributed by atoms with E-state index in [4.69, 9.17) is 23.7 Å². The standard InChI is InChI=1S/C28H25N5O6/c1-32(28(34)33-24-10-18(13-29)2-5-23(24)30-31-33)8-9-37-27(19-3-6-25-21(11-19)14-35-16-38-25)20-4-7-26-22(12-20)15-36-17-39-26/h2-7,10-12,27H,8-9,14-17H2,1H3. The predicted octanol–water partition coefficient (Wildman–Crippen LogP) is 3.74. The first-order valence-electron chi connectivity index (χ1n) is 12.4. The first-order valence-corrected chi connectivity index (χ1v) is 12.4. The van der Waals surface area contributed by atoms with Gasteiger partial charge in [0.2, 0.25) is 0 Å². The Morgan fingerprint density at radius 3 is 2.33 bits per heavy atom. The highest BCUT2D eigenvalue weighted by atomic mass is 16.7. The Labute approximate surface area is 224 Å². The van der Waals surface area contributed by atoms with E-state index >= 15 is 0 Å². The molecular formula is C28H25N5O6. The highest BCUT2D eigenvalue weighted by molar-refractivity contribution is 5.88. The van der Waals surface area contributed by atoms with Crippen LogP contribution in [0.25, 0.3) is 11.0 Å². The molecule has 0 N–H and O–H groups in total. The largest absolute Gasteiger partial charge is 0.467 e. The van der Waals surface area contributed by atoms with E-state index in [0.29, 0.717) is 36.4 Å². The molecule has 1 aromatic heterocycles. The van der Waals surface area contributed by atoms with Gasteiger partial charge >= 0.3 is 6.03 Å². The zero-order valence-corrected chi connectivity index (χ0v) is 21.2. The van der Waals surface area contributed by atoms with Crippen molar-refractivity contribution in [3.63, 3.8) is 0 Å². The van der Waals surface area contributed by atoms with Gasteiger partial charge in [-0.2, -0.15) is 9.94 Å². The number of ether oxygens (including phenoxy) is 5. The van der Waals surface area contributed by atoms with Crippen LogP contribution < -0.4 is 9.47 Å². The molecular weight excluding hydrogens is 502 g/mol. The Hall–Kier alpha value is -4.50. The molecule has 2 aliphatic rings. The van der Waals surface area contributed by atoms with Gasteiger partial charge in [0.15, 0.2) is 13.6 Å². The van der Waals surface area contributed by atoms with Gasteiger partial charge in [0.1, 0.15) is 28.6 Å². The highest BCUT2D eigenvalue weighted by Gasteiger charge is 2.23. The van der Waals surface area contributed by atoms with Gasteiger partial charge in [0.05, 0.1) is 31.5 Å². The highest BCUT2D eigenvalue weighted by Crippen LogP contribution is 2.34. The van der Waals surface area contributed by atoms with Gasteiger partial charge in [-0.05, 0) is 53.6 Å². The number of aromatic nitrogens is 3. The molecule has 0 radical (unpaired) electrons. The van der Waals surface area contributed by atoms with Gasteiger partial charge in [-0.25, -0.2) is 4.79 Å². The SMILES string of the molecule is CN(CCOC(c1ccc2c(c1)COCO2)c1ccc2c(c1)COCO2)C(=O)n1nnc2ccc(C#N)cc21. The molecule has 4 aromatic rings. The number of likely N-dealkylation sites (N-methyl/N-ethyl adjacent to an activating group) is 1. The van der Waals surface area contributed by atoms with Crippen molar-refractivity contribution in [3.05, 3.63) is 82.4 Å². The predicted molar refractivity (Wildman–Crippen MR) is 137 cm³/mol. The van der Waals surface area contributed by atoms with Crippen LogP contribution in [0.2, 0.25) is 0 Å². The fourth-order valence-electron chi connectivity index (χ4n) is 4.62. The van der Waals surface area contributed by atoms with E-state index in [2.05, 4.69) is 16.4 Å². The molecule has 0 atom stereocenters. The number of carbonyl (C=O) groups excluding carboxylic acids is 1. The van der Waals surface area contributed by atoms with E-state index < -0.39 is 6.10 Å². The van der Waals surface area contributed by atoms with E-state index in [9.17, 15) is 10.1 Å². The summed E-state index contributed by atoms with van der Waals surface area (Å²) in [7, 11) is 1.67. The van der Waals surface area contributed by atoms with E-state index in [1.54, 1.807) is 25.2 Å². The van der Waals surface area contributed by atoms with Crippen LogP contribution in [0.4, 0.5) is 4.79 Å². The summed E-state index contributed by atoms with van der Waals surface area (Å²) in [6, 6.07) is 18.5. The van der Waals surface area contributed by atoms with Crippen molar-refractivity contribution in [1.82, 2.24) is 19.9 Å². The molecule has 11 heteroatoms. The van der Waals surface area contributed by atoms with Crippen LogP contribution in [0.15, 0.2) is 54.6 Å². The lowest BCUT2D eigenvalue weighted by atomic mass is 9.97. The maximum atomic E-state index is 13.1. The summed E-state index contributed by atoms with van der Waals surface area (Å²) in [6.07, 6.45) is -0.418. The summed E-state index contributed by atoms with van der Waals surface area (Å²) >= 11 is 0. The second-order valence-corrected chi connectivity index (χ2v) is 9.23. The van der Waals surface area contributed by atoms with Crippen molar-refractivity contribution < 1.29 is 28.5 Å². The molecule has 0 aliphatic carbocycles.